The second-order valence-electron chi connectivity index (χ2n) is 10.7. The Morgan fingerprint density at radius 3 is 2.93 bits per heavy atom. The summed E-state index contributed by atoms with van der Waals surface area (Å²) >= 11 is 0. The van der Waals surface area contributed by atoms with Crippen LogP contribution in [0.1, 0.15) is 54.5 Å². The average molecular weight is 581 g/mol. The van der Waals surface area contributed by atoms with Crippen LogP contribution >= 0.6 is 0 Å². The standard InChI is InChI=1S/C27H32N8O5S/c1-18(2)32(3)15-19-4-5-22-23(7-11-39-26(22)12-19)34-17-21(30-31-34)13-24-27(36)28-8-10-35(24)41(37,38)33-9-6-25-20(16-33)14-29-40-25/h4-6,8-10,12,14,17-18,23-24H,7,11,13,15-16H2,1-3H3,(H,28,36). The first-order valence-electron chi connectivity index (χ1n) is 13.5. The lowest BCUT2D eigenvalue weighted by atomic mass is 9.98. The zero-order valence-electron chi connectivity index (χ0n) is 23.0. The van der Waals surface area contributed by atoms with Crippen LogP contribution in [0.2, 0.25) is 0 Å². The smallest absolute Gasteiger partial charge is 0.326 e. The van der Waals surface area contributed by atoms with Crippen molar-refractivity contribution in [1.82, 2.24) is 39.0 Å². The average Bonchev–Trinajstić information content (AvgIpc) is 3.63. The summed E-state index contributed by atoms with van der Waals surface area (Å²) in [5.74, 6) is 0.880. The summed E-state index contributed by atoms with van der Waals surface area (Å²) in [6.07, 6.45) is 9.63. The number of hydrogen-bond acceptors (Lipinski definition) is 9. The molecule has 1 amide bonds. The van der Waals surface area contributed by atoms with Gasteiger partial charge < -0.3 is 14.6 Å². The van der Waals surface area contributed by atoms with E-state index in [0.717, 1.165) is 26.5 Å². The van der Waals surface area contributed by atoms with Gasteiger partial charge in [0.1, 0.15) is 11.8 Å². The second-order valence-corrected chi connectivity index (χ2v) is 12.5. The van der Waals surface area contributed by atoms with Crippen LogP contribution in [0.25, 0.3) is 6.08 Å². The molecule has 1 aromatic carbocycles. The molecule has 14 heteroatoms. The van der Waals surface area contributed by atoms with Crippen molar-refractivity contribution in [3.8, 4) is 5.75 Å². The van der Waals surface area contributed by atoms with E-state index >= 15 is 0 Å². The van der Waals surface area contributed by atoms with Crippen LogP contribution in [0.4, 0.5) is 0 Å². The molecule has 0 saturated heterocycles. The minimum absolute atomic E-state index is 0.0437. The lowest BCUT2D eigenvalue weighted by molar-refractivity contribution is -0.124. The van der Waals surface area contributed by atoms with Crippen molar-refractivity contribution < 1.29 is 22.5 Å². The summed E-state index contributed by atoms with van der Waals surface area (Å²) in [4.78, 5) is 15.2. The number of fused-ring (bicyclic) bond motifs is 2. The van der Waals surface area contributed by atoms with Crippen molar-refractivity contribution in [1.29, 1.82) is 0 Å². The minimum Gasteiger partial charge on any atom is -0.493 e. The van der Waals surface area contributed by atoms with E-state index in [0.29, 0.717) is 36.1 Å². The van der Waals surface area contributed by atoms with Crippen LogP contribution < -0.4 is 10.1 Å². The molecule has 2 unspecified atom stereocenters. The van der Waals surface area contributed by atoms with Gasteiger partial charge in [-0.15, -0.1) is 5.10 Å². The number of benzene rings is 1. The molecule has 13 nitrogen and oxygen atoms in total. The Labute approximate surface area is 238 Å². The third-order valence-corrected chi connectivity index (χ3v) is 9.45. The number of amides is 1. The van der Waals surface area contributed by atoms with Crippen LogP contribution in [-0.2, 0) is 34.5 Å². The summed E-state index contributed by atoms with van der Waals surface area (Å²) in [5, 5.41) is 15.0. The van der Waals surface area contributed by atoms with Gasteiger partial charge in [-0.3, -0.25) is 14.0 Å². The van der Waals surface area contributed by atoms with Crippen molar-refractivity contribution >= 4 is 22.2 Å². The molecule has 0 bridgehead atoms. The second kappa shape index (κ2) is 10.7. The maximum absolute atomic E-state index is 13.6. The Morgan fingerprint density at radius 1 is 1.24 bits per heavy atom. The van der Waals surface area contributed by atoms with Crippen molar-refractivity contribution in [2.75, 3.05) is 13.7 Å². The van der Waals surface area contributed by atoms with Crippen LogP contribution in [-0.4, -0.2) is 73.7 Å². The third-order valence-electron chi connectivity index (χ3n) is 7.69. The molecule has 0 spiro atoms. The molecule has 0 fully saturated rings. The number of carbonyl (C=O) groups excluding carboxylic acids is 1. The summed E-state index contributed by atoms with van der Waals surface area (Å²) in [7, 11) is -2.00. The number of rotatable bonds is 8. The Morgan fingerprint density at radius 2 is 2.10 bits per heavy atom. The molecule has 2 aromatic heterocycles. The fraction of sp³-hybridized carbons (Fsp3) is 0.407. The van der Waals surface area contributed by atoms with Crippen molar-refractivity contribution in [3.63, 3.8) is 0 Å². The molecule has 1 N–H and O–H groups in total. The molecule has 6 rings (SSSR count). The lowest BCUT2D eigenvalue weighted by Gasteiger charge is -2.35. The first-order chi connectivity index (χ1) is 19.7. The van der Waals surface area contributed by atoms with E-state index in [2.05, 4.69) is 64.8 Å². The fourth-order valence-electron chi connectivity index (χ4n) is 5.12. The number of aromatic nitrogens is 4. The highest BCUT2D eigenvalue weighted by atomic mass is 32.2. The highest BCUT2D eigenvalue weighted by Crippen LogP contribution is 2.35. The Hall–Kier alpha value is -4.17. The summed E-state index contributed by atoms with van der Waals surface area (Å²) in [6, 6.07) is 5.56. The molecule has 3 aliphatic rings. The lowest BCUT2D eigenvalue weighted by Crippen LogP contribution is -2.53. The molecule has 3 aliphatic heterocycles. The maximum Gasteiger partial charge on any atom is 0.326 e. The first-order valence-corrected chi connectivity index (χ1v) is 14.9. The monoisotopic (exact) mass is 580 g/mol. The topological polar surface area (TPSA) is 139 Å². The Kier molecular flexibility index (Phi) is 7.03. The highest BCUT2D eigenvalue weighted by Gasteiger charge is 2.39. The van der Waals surface area contributed by atoms with Gasteiger partial charge in [-0.1, -0.05) is 22.5 Å². The van der Waals surface area contributed by atoms with Gasteiger partial charge in [0.25, 0.3) is 0 Å². The van der Waals surface area contributed by atoms with Gasteiger partial charge in [0.05, 0.1) is 31.1 Å². The van der Waals surface area contributed by atoms with Gasteiger partial charge in [0.2, 0.25) is 5.91 Å². The van der Waals surface area contributed by atoms with E-state index in [1.807, 2.05) is 0 Å². The molecule has 3 aromatic rings. The van der Waals surface area contributed by atoms with Crippen LogP contribution in [0.15, 0.2) is 53.7 Å². The number of ether oxygens (including phenoxy) is 1. The molecule has 216 valence electrons. The summed E-state index contributed by atoms with van der Waals surface area (Å²) in [5.41, 5.74) is 3.31. The molecule has 2 atom stereocenters. The van der Waals surface area contributed by atoms with Crippen LogP contribution in [0.5, 0.6) is 5.75 Å². The van der Waals surface area contributed by atoms with E-state index in [-0.39, 0.29) is 19.0 Å². The molecular formula is C27H32N8O5S. The summed E-state index contributed by atoms with van der Waals surface area (Å²) < 4.78 is 42.3. The normalized spacial score (nSPS) is 20.3. The Balaban J connectivity index is 1.21. The zero-order chi connectivity index (χ0) is 28.7. The van der Waals surface area contributed by atoms with Gasteiger partial charge in [-0.05, 0) is 32.5 Å². The zero-order valence-corrected chi connectivity index (χ0v) is 23.9. The fourth-order valence-corrected chi connectivity index (χ4v) is 6.59. The summed E-state index contributed by atoms with van der Waals surface area (Å²) in [6.45, 7) is 5.72. The van der Waals surface area contributed by atoms with E-state index in [9.17, 15) is 13.2 Å². The van der Waals surface area contributed by atoms with Gasteiger partial charge in [-0.25, -0.2) is 8.99 Å². The minimum atomic E-state index is -4.09. The number of nitrogens with zero attached hydrogens (tertiary/aromatic N) is 7. The predicted octanol–water partition coefficient (Wildman–Crippen LogP) is 2.02. The van der Waals surface area contributed by atoms with E-state index < -0.39 is 22.2 Å². The number of nitrogens with one attached hydrogen (secondary N) is 1. The van der Waals surface area contributed by atoms with E-state index in [1.54, 1.807) is 10.9 Å². The molecule has 0 saturated carbocycles. The van der Waals surface area contributed by atoms with Gasteiger partial charge in [0.15, 0.2) is 5.76 Å². The Bertz CT molecular complexity index is 1610. The largest absolute Gasteiger partial charge is 0.493 e. The van der Waals surface area contributed by atoms with Gasteiger partial charge in [-0.2, -0.15) is 8.42 Å². The van der Waals surface area contributed by atoms with Crippen molar-refractivity contribution in [2.24, 2.45) is 0 Å². The first kappa shape index (κ1) is 27.0. The SMILES string of the molecule is CC(C)N(C)Cc1ccc2c(c1)OCCC2n1cc(CC2C(=O)NC=CN2S(=O)(=O)N2C=Cc3oncc3C2)nn1. The predicted molar refractivity (Wildman–Crippen MR) is 148 cm³/mol. The van der Waals surface area contributed by atoms with E-state index in [4.69, 9.17) is 9.26 Å². The molecule has 0 radical (unpaired) electrons. The highest BCUT2D eigenvalue weighted by molar-refractivity contribution is 7.87. The number of hydrogen-bond donors (Lipinski definition) is 1. The van der Waals surface area contributed by atoms with Gasteiger partial charge in [0, 0.05) is 67.4 Å². The molecule has 5 heterocycles. The van der Waals surface area contributed by atoms with E-state index in [1.165, 1.54) is 36.4 Å². The van der Waals surface area contributed by atoms with Crippen LogP contribution in [0.3, 0.4) is 0 Å². The van der Waals surface area contributed by atoms with Gasteiger partial charge >= 0.3 is 10.2 Å². The number of carbonyl (C=O) groups is 1. The molecular weight excluding hydrogens is 548 g/mol. The molecule has 41 heavy (non-hydrogen) atoms. The third kappa shape index (κ3) is 5.20. The quantitative estimate of drug-likeness (QED) is 0.424. The maximum atomic E-state index is 13.6. The van der Waals surface area contributed by atoms with Crippen molar-refractivity contribution in [3.05, 3.63) is 77.3 Å². The van der Waals surface area contributed by atoms with Crippen LogP contribution in [0, 0.1) is 0 Å². The van der Waals surface area contributed by atoms with Crippen molar-refractivity contribution in [2.45, 2.75) is 57.9 Å². The molecule has 0 aliphatic carbocycles.